The molecule has 30 heavy (non-hydrogen) atoms. The smallest absolute Gasteiger partial charge is 0.359 e. The number of carbonyl (C=O) groups is 2. The third-order valence-electron chi connectivity index (χ3n) is 4.75. The molecule has 0 unspecified atom stereocenters. The van der Waals surface area contributed by atoms with Crippen molar-refractivity contribution in [1.82, 2.24) is 4.98 Å². The van der Waals surface area contributed by atoms with Crippen molar-refractivity contribution in [3.8, 4) is 28.3 Å². The van der Waals surface area contributed by atoms with E-state index in [0.717, 1.165) is 34.7 Å². The van der Waals surface area contributed by atoms with Crippen LogP contribution in [-0.4, -0.2) is 32.7 Å². The second-order valence-corrected chi connectivity index (χ2v) is 6.83. The topological polar surface area (TPSA) is 110 Å². The number of hydrogen-bond donors (Lipinski definition) is 2. The molecule has 0 saturated heterocycles. The lowest BCUT2D eigenvalue weighted by molar-refractivity contribution is -0.170. The van der Waals surface area contributed by atoms with Gasteiger partial charge in [-0.1, -0.05) is 36.4 Å². The number of hydrogen-bond acceptors (Lipinski definition) is 5. The van der Waals surface area contributed by atoms with Gasteiger partial charge in [0.05, 0.1) is 0 Å². The molecule has 0 atom stereocenters. The minimum Gasteiger partial charge on any atom is -0.478 e. The van der Waals surface area contributed by atoms with Crippen molar-refractivity contribution in [1.29, 1.82) is 0 Å². The quantitative estimate of drug-likeness (QED) is 0.457. The molecule has 0 saturated carbocycles. The summed E-state index contributed by atoms with van der Waals surface area (Å²) in [6.07, 6.45) is 0. The molecule has 0 bridgehead atoms. The molecule has 0 aliphatic rings. The zero-order valence-electron chi connectivity index (χ0n) is 15.9. The van der Waals surface area contributed by atoms with E-state index in [9.17, 15) is 9.59 Å². The molecule has 4 aromatic rings. The van der Waals surface area contributed by atoms with E-state index in [0.29, 0.717) is 5.89 Å². The van der Waals surface area contributed by atoms with Crippen molar-refractivity contribution in [2.75, 3.05) is 0 Å². The molecule has 7 heteroatoms. The van der Waals surface area contributed by atoms with E-state index < -0.39 is 17.5 Å². The standard InChI is InChI=1S/C23H17NO6/c1-23(21(25)26,22(27)28)30-17-12-10-15(11-13-17)14-6-8-16(9-7-14)20-24-18-4-2-3-5-19(18)29-20/h2-13H,1H3,(H,25,26)(H,27,28). The highest BCUT2D eigenvalue weighted by Gasteiger charge is 2.44. The van der Waals surface area contributed by atoms with Crippen LogP contribution in [0.15, 0.2) is 77.2 Å². The van der Waals surface area contributed by atoms with Crippen LogP contribution in [0.4, 0.5) is 0 Å². The number of benzene rings is 3. The van der Waals surface area contributed by atoms with E-state index in [4.69, 9.17) is 19.4 Å². The summed E-state index contributed by atoms with van der Waals surface area (Å²) in [5.41, 5.74) is 1.78. The maximum Gasteiger partial charge on any atom is 0.359 e. The molecule has 150 valence electrons. The van der Waals surface area contributed by atoms with Gasteiger partial charge in [0.25, 0.3) is 5.60 Å². The number of rotatable bonds is 6. The molecule has 2 N–H and O–H groups in total. The minimum atomic E-state index is -2.36. The van der Waals surface area contributed by atoms with Gasteiger partial charge in [0.15, 0.2) is 5.58 Å². The lowest BCUT2D eigenvalue weighted by atomic mass is 10.0. The van der Waals surface area contributed by atoms with Gasteiger partial charge in [-0.3, -0.25) is 0 Å². The van der Waals surface area contributed by atoms with Gasteiger partial charge in [-0.25, -0.2) is 14.6 Å². The Balaban J connectivity index is 1.54. The Bertz CT molecular complexity index is 1180. The van der Waals surface area contributed by atoms with Gasteiger partial charge in [-0.15, -0.1) is 0 Å². The second kappa shape index (κ2) is 7.36. The van der Waals surface area contributed by atoms with E-state index in [2.05, 4.69) is 4.98 Å². The fraction of sp³-hybridized carbons (Fsp3) is 0.0870. The third-order valence-corrected chi connectivity index (χ3v) is 4.75. The van der Waals surface area contributed by atoms with Crippen LogP contribution in [0.1, 0.15) is 6.92 Å². The fourth-order valence-electron chi connectivity index (χ4n) is 2.93. The molecule has 0 amide bonds. The lowest BCUT2D eigenvalue weighted by Crippen LogP contribution is -2.49. The number of carboxylic acid groups (broad SMARTS) is 2. The zero-order valence-corrected chi connectivity index (χ0v) is 15.9. The van der Waals surface area contributed by atoms with Gasteiger partial charge in [0.2, 0.25) is 5.89 Å². The number of carboxylic acids is 2. The second-order valence-electron chi connectivity index (χ2n) is 6.83. The Hall–Kier alpha value is -4.13. The number of para-hydroxylation sites is 2. The highest BCUT2D eigenvalue weighted by atomic mass is 16.6. The first-order chi connectivity index (χ1) is 14.4. The van der Waals surface area contributed by atoms with Crippen LogP contribution in [0.2, 0.25) is 0 Å². The summed E-state index contributed by atoms with van der Waals surface area (Å²) >= 11 is 0. The Morgan fingerprint density at radius 3 is 1.93 bits per heavy atom. The number of fused-ring (bicyclic) bond motifs is 1. The molecule has 0 radical (unpaired) electrons. The summed E-state index contributed by atoms with van der Waals surface area (Å²) in [6.45, 7) is 0.996. The molecule has 0 aliphatic heterocycles. The SMILES string of the molecule is CC(Oc1ccc(-c2ccc(-c3nc4ccccc4o3)cc2)cc1)(C(=O)O)C(=O)O. The lowest BCUT2D eigenvalue weighted by Gasteiger charge is -2.21. The maximum atomic E-state index is 11.2. The number of aliphatic carboxylic acids is 2. The molecule has 0 aliphatic carbocycles. The van der Waals surface area contributed by atoms with Crippen molar-refractivity contribution < 1.29 is 29.0 Å². The first-order valence-corrected chi connectivity index (χ1v) is 9.09. The zero-order chi connectivity index (χ0) is 21.3. The third kappa shape index (κ3) is 3.48. The number of oxazole rings is 1. The van der Waals surface area contributed by atoms with E-state index in [1.165, 1.54) is 12.1 Å². The van der Waals surface area contributed by atoms with Crippen molar-refractivity contribution in [2.24, 2.45) is 0 Å². The molecular weight excluding hydrogens is 386 g/mol. The Labute approximate surface area is 171 Å². The number of aromatic nitrogens is 1. The molecule has 1 heterocycles. The van der Waals surface area contributed by atoms with Gasteiger partial charge in [0, 0.05) is 5.56 Å². The summed E-state index contributed by atoms with van der Waals surface area (Å²) in [5, 5.41) is 18.3. The van der Waals surface area contributed by atoms with E-state index in [1.54, 1.807) is 12.1 Å². The molecule has 3 aromatic carbocycles. The van der Waals surface area contributed by atoms with Crippen LogP contribution in [0.25, 0.3) is 33.7 Å². The Morgan fingerprint density at radius 1 is 0.833 bits per heavy atom. The predicted molar refractivity (Wildman–Crippen MR) is 109 cm³/mol. The summed E-state index contributed by atoms with van der Waals surface area (Å²) < 4.78 is 11.0. The Morgan fingerprint density at radius 2 is 1.37 bits per heavy atom. The predicted octanol–water partition coefficient (Wildman–Crippen LogP) is 4.47. The average Bonchev–Trinajstić information content (AvgIpc) is 3.18. The van der Waals surface area contributed by atoms with E-state index in [-0.39, 0.29) is 5.75 Å². The van der Waals surface area contributed by atoms with Gasteiger partial charge in [0.1, 0.15) is 11.3 Å². The number of ether oxygens (including phenoxy) is 1. The highest BCUT2D eigenvalue weighted by molar-refractivity contribution is 6.01. The first-order valence-electron chi connectivity index (χ1n) is 9.09. The summed E-state index contributed by atoms with van der Waals surface area (Å²) in [4.78, 5) is 27.0. The number of nitrogens with zero attached hydrogens (tertiary/aromatic N) is 1. The minimum absolute atomic E-state index is 0.147. The van der Waals surface area contributed by atoms with Crippen LogP contribution >= 0.6 is 0 Å². The summed E-state index contributed by atoms with van der Waals surface area (Å²) in [7, 11) is 0. The summed E-state index contributed by atoms with van der Waals surface area (Å²) in [6, 6.07) is 21.7. The van der Waals surface area contributed by atoms with Crippen molar-refractivity contribution >= 4 is 23.0 Å². The fourth-order valence-corrected chi connectivity index (χ4v) is 2.93. The molecule has 1 aromatic heterocycles. The van der Waals surface area contributed by atoms with Gasteiger partial charge in [-0.05, 0) is 54.4 Å². The largest absolute Gasteiger partial charge is 0.478 e. The van der Waals surface area contributed by atoms with Gasteiger partial charge in [-0.2, -0.15) is 0 Å². The molecular formula is C23H17NO6. The normalized spacial score (nSPS) is 11.4. The summed E-state index contributed by atoms with van der Waals surface area (Å²) in [5.74, 6) is -2.47. The highest BCUT2D eigenvalue weighted by Crippen LogP contribution is 2.29. The molecule has 4 rings (SSSR count). The monoisotopic (exact) mass is 403 g/mol. The maximum absolute atomic E-state index is 11.2. The van der Waals surface area contributed by atoms with Crippen molar-refractivity contribution in [3.05, 3.63) is 72.8 Å². The van der Waals surface area contributed by atoms with Gasteiger partial charge >= 0.3 is 11.9 Å². The van der Waals surface area contributed by atoms with Crippen LogP contribution in [-0.2, 0) is 9.59 Å². The first kappa shape index (κ1) is 19.2. The average molecular weight is 403 g/mol. The van der Waals surface area contributed by atoms with Crippen LogP contribution in [0.3, 0.4) is 0 Å². The van der Waals surface area contributed by atoms with Crippen LogP contribution in [0, 0.1) is 0 Å². The van der Waals surface area contributed by atoms with Crippen LogP contribution < -0.4 is 4.74 Å². The Kier molecular flexibility index (Phi) is 4.71. The van der Waals surface area contributed by atoms with Crippen molar-refractivity contribution in [3.63, 3.8) is 0 Å². The molecule has 0 fully saturated rings. The molecule has 0 spiro atoms. The van der Waals surface area contributed by atoms with Gasteiger partial charge < -0.3 is 19.4 Å². The van der Waals surface area contributed by atoms with E-state index in [1.807, 2.05) is 48.5 Å². The van der Waals surface area contributed by atoms with Crippen molar-refractivity contribution in [2.45, 2.75) is 12.5 Å². The van der Waals surface area contributed by atoms with Crippen LogP contribution in [0.5, 0.6) is 5.75 Å². The molecule has 7 nitrogen and oxygen atoms in total. The van der Waals surface area contributed by atoms with E-state index >= 15 is 0 Å².